The van der Waals surface area contributed by atoms with Crippen molar-refractivity contribution in [2.24, 2.45) is 0 Å². The lowest BCUT2D eigenvalue weighted by Crippen LogP contribution is -2.54. The van der Waals surface area contributed by atoms with Crippen LogP contribution in [-0.4, -0.2) is 29.3 Å². The van der Waals surface area contributed by atoms with Crippen molar-refractivity contribution in [3.05, 3.63) is 79.7 Å². The number of carbonyl (C=O) groups excluding carboxylic acids is 3. The summed E-state index contributed by atoms with van der Waals surface area (Å²) in [5.74, 6) is -0.866. The summed E-state index contributed by atoms with van der Waals surface area (Å²) in [4.78, 5) is 37.4. The minimum absolute atomic E-state index is 0.000150. The third-order valence-electron chi connectivity index (χ3n) is 4.13. The van der Waals surface area contributed by atoms with Crippen LogP contribution in [0.5, 0.6) is 5.75 Å². The Kier molecular flexibility index (Phi) is 7.12. The number of nitrogens with one attached hydrogen (secondary N) is 1. The molecule has 1 aliphatic heterocycles. The van der Waals surface area contributed by atoms with Gasteiger partial charge >= 0.3 is 6.03 Å². The van der Waals surface area contributed by atoms with Crippen LogP contribution in [0.1, 0.15) is 11.1 Å². The zero-order valence-electron chi connectivity index (χ0n) is 15.5. The van der Waals surface area contributed by atoms with Gasteiger partial charge in [-0.3, -0.25) is 19.8 Å². The molecule has 0 aromatic heterocycles. The smallest absolute Gasteiger partial charge is 0.331 e. The number of benzene rings is 2. The van der Waals surface area contributed by atoms with Gasteiger partial charge in [-0.2, -0.15) is 0 Å². The number of urea groups is 1. The maximum Gasteiger partial charge on any atom is 0.331 e. The predicted molar refractivity (Wildman–Crippen MR) is 121 cm³/mol. The van der Waals surface area contributed by atoms with Gasteiger partial charge in [-0.15, -0.1) is 6.58 Å². The average Bonchev–Trinajstić information content (AvgIpc) is 2.69. The van der Waals surface area contributed by atoms with Crippen molar-refractivity contribution in [3.8, 4) is 5.75 Å². The van der Waals surface area contributed by atoms with Gasteiger partial charge in [0.2, 0.25) is 0 Å². The van der Waals surface area contributed by atoms with E-state index in [1.165, 1.54) is 12.2 Å². The maximum absolute atomic E-state index is 12.5. The lowest BCUT2D eigenvalue weighted by atomic mass is 10.1. The van der Waals surface area contributed by atoms with Gasteiger partial charge in [0, 0.05) is 11.6 Å². The summed E-state index contributed by atoms with van der Waals surface area (Å²) in [6.45, 7) is 3.84. The first-order valence-electron chi connectivity index (χ1n) is 8.66. The Bertz CT molecular complexity index is 1040. The molecule has 0 spiro atoms. The van der Waals surface area contributed by atoms with Crippen LogP contribution in [0.3, 0.4) is 0 Å². The fraction of sp³-hybridized carbons (Fsp3) is 0.0952. The number of hydrogen-bond acceptors (Lipinski definition) is 4. The standard InChI is InChI=1S/C21H15Br2ClN2O4/c1-2-7-26-20(28)15(19(27)25-21(26)29)8-13-9-16(22)18(17(23)10-13)30-11-12-3-5-14(24)6-4-12/h2-6,8-10H,1,7,11H2,(H,25,27,29). The first kappa shape index (κ1) is 22.3. The van der Waals surface area contributed by atoms with Gasteiger partial charge in [0.25, 0.3) is 11.8 Å². The highest BCUT2D eigenvalue weighted by atomic mass is 79.9. The summed E-state index contributed by atoms with van der Waals surface area (Å²) in [5, 5.41) is 2.80. The number of ether oxygens (including phenoxy) is 1. The lowest BCUT2D eigenvalue weighted by Gasteiger charge is -2.25. The molecule has 2 aromatic rings. The van der Waals surface area contributed by atoms with Gasteiger partial charge in [-0.1, -0.05) is 29.8 Å². The Balaban J connectivity index is 1.84. The lowest BCUT2D eigenvalue weighted by molar-refractivity contribution is -0.129. The van der Waals surface area contributed by atoms with Crippen molar-refractivity contribution in [2.45, 2.75) is 6.61 Å². The molecule has 1 saturated heterocycles. The monoisotopic (exact) mass is 552 g/mol. The Morgan fingerprint density at radius 3 is 2.33 bits per heavy atom. The van der Waals surface area contributed by atoms with Gasteiger partial charge in [-0.05, 0) is 73.3 Å². The second-order valence-corrected chi connectivity index (χ2v) is 8.40. The molecule has 4 amide bonds. The molecule has 3 rings (SSSR count). The van der Waals surface area contributed by atoms with Crippen molar-refractivity contribution in [1.29, 1.82) is 0 Å². The molecule has 0 atom stereocenters. The number of carbonyl (C=O) groups is 3. The van der Waals surface area contributed by atoms with Crippen molar-refractivity contribution in [2.75, 3.05) is 6.54 Å². The van der Waals surface area contributed by atoms with E-state index in [-0.39, 0.29) is 12.1 Å². The molecule has 0 unspecified atom stereocenters. The summed E-state index contributed by atoms with van der Waals surface area (Å²) in [7, 11) is 0. The van der Waals surface area contributed by atoms with Gasteiger partial charge < -0.3 is 4.74 Å². The minimum Gasteiger partial charge on any atom is -0.487 e. The molecule has 30 heavy (non-hydrogen) atoms. The number of imide groups is 2. The van der Waals surface area contributed by atoms with Crippen LogP contribution in [0.2, 0.25) is 5.02 Å². The van der Waals surface area contributed by atoms with Crippen molar-refractivity contribution in [1.82, 2.24) is 10.2 Å². The van der Waals surface area contributed by atoms with E-state index < -0.39 is 17.8 Å². The molecule has 6 nitrogen and oxygen atoms in total. The first-order chi connectivity index (χ1) is 14.3. The fourth-order valence-electron chi connectivity index (χ4n) is 2.69. The number of halogens is 3. The molecule has 0 aliphatic carbocycles. The van der Waals surface area contributed by atoms with Crippen molar-refractivity contribution < 1.29 is 19.1 Å². The van der Waals surface area contributed by atoms with E-state index in [1.54, 1.807) is 24.3 Å². The summed E-state index contributed by atoms with van der Waals surface area (Å²) < 4.78 is 7.13. The molecule has 154 valence electrons. The number of hydrogen-bond donors (Lipinski definition) is 1. The molecule has 1 fully saturated rings. The van der Waals surface area contributed by atoms with Crippen molar-refractivity contribution >= 4 is 67.4 Å². The summed E-state index contributed by atoms with van der Waals surface area (Å²) in [5.41, 5.74) is 1.37. The van der Waals surface area contributed by atoms with Crippen LogP contribution in [0.4, 0.5) is 4.79 Å². The SMILES string of the molecule is C=CCN1C(=O)NC(=O)C(=Cc2cc(Br)c(OCc3ccc(Cl)cc3)c(Br)c2)C1=O. The second kappa shape index (κ2) is 9.59. The number of nitrogens with zero attached hydrogens (tertiary/aromatic N) is 1. The third kappa shape index (κ3) is 5.00. The molecular formula is C21H15Br2ClN2O4. The van der Waals surface area contributed by atoms with E-state index in [1.807, 2.05) is 12.1 Å². The number of barbiturate groups is 1. The van der Waals surface area contributed by atoms with Gasteiger partial charge in [0.15, 0.2) is 0 Å². The van der Waals surface area contributed by atoms with Crippen LogP contribution in [0, 0.1) is 0 Å². The molecule has 0 bridgehead atoms. The fourth-order valence-corrected chi connectivity index (χ4v) is 4.27. The molecule has 0 saturated carbocycles. The third-order valence-corrected chi connectivity index (χ3v) is 5.56. The predicted octanol–water partition coefficient (Wildman–Crippen LogP) is 5.09. The topological polar surface area (TPSA) is 75.7 Å². The van der Waals surface area contributed by atoms with E-state index >= 15 is 0 Å². The van der Waals surface area contributed by atoms with Gasteiger partial charge in [-0.25, -0.2) is 4.79 Å². The Morgan fingerprint density at radius 1 is 1.10 bits per heavy atom. The number of rotatable bonds is 6. The van der Waals surface area contributed by atoms with E-state index in [0.717, 1.165) is 10.5 Å². The van der Waals surface area contributed by atoms with Crippen LogP contribution in [-0.2, 0) is 16.2 Å². The molecule has 1 N–H and O–H groups in total. The molecule has 2 aromatic carbocycles. The van der Waals surface area contributed by atoms with E-state index in [9.17, 15) is 14.4 Å². The largest absolute Gasteiger partial charge is 0.487 e. The molecular weight excluding hydrogens is 540 g/mol. The second-order valence-electron chi connectivity index (χ2n) is 6.25. The Hall–Kier alpha value is -2.42. The highest BCUT2D eigenvalue weighted by Gasteiger charge is 2.34. The highest BCUT2D eigenvalue weighted by molar-refractivity contribution is 9.11. The normalized spacial score (nSPS) is 15.4. The molecule has 1 aliphatic rings. The summed E-state index contributed by atoms with van der Waals surface area (Å²) >= 11 is 12.8. The zero-order chi connectivity index (χ0) is 21.8. The Morgan fingerprint density at radius 2 is 1.73 bits per heavy atom. The summed E-state index contributed by atoms with van der Waals surface area (Å²) in [6, 6.07) is 9.96. The minimum atomic E-state index is -0.768. The van der Waals surface area contributed by atoms with Crippen LogP contribution in [0.15, 0.2) is 63.6 Å². The molecule has 1 heterocycles. The van der Waals surface area contributed by atoms with Crippen LogP contribution >= 0.6 is 43.5 Å². The molecule has 9 heteroatoms. The van der Waals surface area contributed by atoms with Crippen LogP contribution in [0.25, 0.3) is 6.08 Å². The maximum atomic E-state index is 12.5. The quantitative estimate of drug-likeness (QED) is 0.307. The van der Waals surface area contributed by atoms with E-state index in [4.69, 9.17) is 16.3 Å². The molecule has 0 radical (unpaired) electrons. The summed E-state index contributed by atoms with van der Waals surface area (Å²) in [6.07, 6.45) is 2.82. The number of amides is 4. The van der Waals surface area contributed by atoms with Gasteiger partial charge in [0.1, 0.15) is 17.9 Å². The van der Waals surface area contributed by atoms with Crippen molar-refractivity contribution in [3.63, 3.8) is 0 Å². The Labute approximate surface area is 194 Å². The average molecular weight is 555 g/mol. The van der Waals surface area contributed by atoms with Crippen LogP contribution < -0.4 is 10.1 Å². The highest BCUT2D eigenvalue weighted by Crippen LogP contribution is 2.36. The van der Waals surface area contributed by atoms with E-state index in [0.29, 0.717) is 31.9 Å². The first-order valence-corrected chi connectivity index (χ1v) is 10.6. The van der Waals surface area contributed by atoms with Gasteiger partial charge in [0.05, 0.1) is 8.95 Å². The van der Waals surface area contributed by atoms with E-state index in [2.05, 4.69) is 43.8 Å². The zero-order valence-corrected chi connectivity index (χ0v) is 19.4.